The number of hydrogen-bond donors (Lipinski definition) is 2. The van der Waals surface area contributed by atoms with Crippen molar-refractivity contribution in [1.29, 1.82) is 0 Å². The predicted octanol–water partition coefficient (Wildman–Crippen LogP) is 1.13. The standard InChI is InChI=1S/C15H21N3O2/c1-11-3-2-4-13(9-11)17-15(20)12-5-7-18(8-6-12)10-14(16)19/h2-4,9,12H,5-8,10H2,1H3,(H2,16,19)(H,17,20). The van der Waals surface area contributed by atoms with Crippen LogP contribution >= 0.6 is 0 Å². The minimum absolute atomic E-state index is 0.0136. The average molecular weight is 275 g/mol. The fraction of sp³-hybridized carbons (Fsp3) is 0.467. The number of nitrogens with zero attached hydrogens (tertiary/aromatic N) is 1. The van der Waals surface area contributed by atoms with Gasteiger partial charge in [-0.25, -0.2) is 0 Å². The highest BCUT2D eigenvalue weighted by molar-refractivity contribution is 5.92. The third-order valence-electron chi connectivity index (χ3n) is 3.62. The molecule has 108 valence electrons. The molecule has 1 aliphatic heterocycles. The summed E-state index contributed by atoms with van der Waals surface area (Å²) in [6.07, 6.45) is 1.54. The molecule has 2 amide bonds. The Bertz CT molecular complexity index is 494. The SMILES string of the molecule is Cc1cccc(NC(=O)C2CCN(CC(N)=O)CC2)c1. The van der Waals surface area contributed by atoms with Crippen LogP contribution in [0.5, 0.6) is 0 Å². The van der Waals surface area contributed by atoms with Crippen LogP contribution in [0.25, 0.3) is 0 Å². The lowest BCUT2D eigenvalue weighted by molar-refractivity contribution is -0.122. The van der Waals surface area contributed by atoms with Gasteiger partial charge in [0.2, 0.25) is 11.8 Å². The molecule has 5 nitrogen and oxygen atoms in total. The van der Waals surface area contributed by atoms with Crippen molar-refractivity contribution in [3.8, 4) is 0 Å². The summed E-state index contributed by atoms with van der Waals surface area (Å²) in [7, 11) is 0. The van der Waals surface area contributed by atoms with Crippen molar-refractivity contribution in [2.45, 2.75) is 19.8 Å². The lowest BCUT2D eigenvalue weighted by atomic mass is 9.95. The number of nitrogens with one attached hydrogen (secondary N) is 1. The first kappa shape index (κ1) is 14.5. The van der Waals surface area contributed by atoms with Gasteiger partial charge in [0.25, 0.3) is 0 Å². The summed E-state index contributed by atoms with van der Waals surface area (Å²) < 4.78 is 0. The molecule has 1 saturated heterocycles. The van der Waals surface area contributed by atoms with E-state index in [9.17, 15) is 9.59 Å². The molecule has 1 heterocycles. The molecule has 20 heavy (non-hydrogen) atoms. The van der Waals surface area contributed by atoms with Crippen molar-refractivity contribution in [2.24, 2.45) is 11.7 Å². The summed E-state index contributed by atoms with van der Waals surface area (Å²) in [5, 5.41) is 2.96. The molecule has 0 unspecified atom stereocenters. The lowest BCUT2D eigenvalue weighted by Gasteiger charge is -2.30. The van der Waals surface area contributed by atoms with Gasteiger partial charge >= 0.3 is 0 Å². The fourth-order valence-corrected chi connectivity index (χ4v) is 2.54. The van der Waals surface area contributed by atoms with Gasteiger partial charge in [0, 0.05) is 11.6 Å². The number of aryl methyl sites for hydroxylation is 1. The molecule has 5 heteroatoms. The molecule has 3 N–H and O–H groups in total. The Hall–Kier alpha value is -1.88. The number of primary amides is 1. The van der Waals surface area contributed by atoms with Crippen molar-refractivity contribution >= 4 is 17.5 Å². The van der Waals surface area contributed by atoms with Crippen LogP contribution in [0.15, 0.2) is 24.3 Å². The van der Waals surface area contributed by atoms with E-state index in [0.717, 1.165) is 37.2 Å². The number of anilines is 1. The van der Waals surface area contributed by atoms with Crippen molar-refractivity contribution in [3.63, 3.8) is 0 Å². The maximum absolute atomic E-state index is 12.2. The van der Waals surface area contributed by atoms with E-state index in [1.807, 2.05) is 36.1 Å². The number of carbonyl (C=O) groups excluding carboxylic acids is 2. The first-order valence-corrected chi connectivity index (χ1v) is 6.93. The Morgan fingerprint density at radius 2 is 2.05 bits per heavy atom. The molecule has 1 aromatic rings. The molecule has 2 rings (SSSR count). The van der Waals surface area contributed by atoms with E-state index in [1.165, 1.54) is 0 Å². The van der Waals surface area contributed by atoms with Gasteiger partial charge in [-0.3, -0.25) is 14.5 Å². The largest absolute Gasteiger partial charge is 0.369 e. The Labute approximate surface area is 119 Å². The zero-order valence-electron chi connectivity index (χ0n) is 11.8. The molecule has 1 aliphatic rings. The van der Waals surface area contributed by atoms with Gasteiger partial charge in [-0.05, 0) is 50.6 Å². The topological polar surface area (TPSA) is 75.4 Å². The van der Waals surface area contributed by atoms with Crippen LogP contribution in [0.2, 0.25) is 0 Å². The molecule has 0 aliphatic carbocycles. The maximum Gasteiger partial charge on any atom is 0.231 e. The van der Waals surface area contributed by atoms with E-state index in [0.29, 0.717) is 0 Å². The number of rotatable bonds is 4. The first-order valence-electron chi connectivity index (χ1n) is 6.93. The average Bonchev–Trinajstić information content (AvgIpc) is 2.38. The van der Waals surface area contributed by atoms with Crippen LogP contribution in [-0.2, 0) is 9.59 Å². The summed E-state index contributed by atoms with van der Waals surface area (Å²) in [4.78, 5) is 25.0. The normalized spacial score (nSPS) is 16.9. The summed E-state index contributed by atoms with van der Waals surface area (Å²) >= 11 is 0. The second kappa shape index (κ2) is 6.52. The molecular formula is C15H21N3O2. The Kier molecular flexibility index (Phi) is 4.74. The van der Waals surface area contributed by atoms with Crippen molar-refractivity contribution < 1.29 is 9.59 Å². The minimum Gasteiger partial charge on any atom is -0.369 e. The molecule has 0 aromatic heterocycles. The molecule has 0 spiro atoms. The van der Waals surface area contributed by atoms with E-state index in [-0.39, 0.29) is 24.3 Å². The Morgan fingerprint density at radius 1 is 1.35 bits per heavy atom. The second-order valence-corrected chi connectivity index (χ2v) is 5.38. The molecule has 0 radical (unpaired) electrons. The maximum atomic E-state index is 12.2. The molecule has 0 atom stereocenters. The Morgan fingerprint density at radius 3 is 2.65 bits per heavy atom. The molecule has 0 bridgehead atoms. The van der Waals surface area contributed by atoms with Gasteiger partial charge in [0.15, 0.2) is 0 Å². The van der Waals surface area contributed by atoms with Gasteiger partial charge in [0.05, 0.1) is 6.54 Å². The van der Waals surface area contributed by atoms with E-state index in [2.05, 4.69) is 5.32 Å². The van der Waals surface area contributed by atoms with E-state index in [4.69, 9.17) is 5.73 Å². The summed E-state index contributed by atoms with van der Waals surface area (Å²) in [5.41, 5.74) is 7.14. The molecule has 0 saturated carbocycles. The molecule has 1 aromatic carbocycles. The van der Waals surface area contributed by atoms with Gasteiger partial charge in [-0.2, -0.15) is 0 Å². The minimum atomic E-state index is -0.312. The van der Waals surface area contributed by atoms with E-state index in [1.54, 1.807) is 0 Å². The van der Waals surface area contributed by atoms with Gasteiger partial charge < -0.3 is 11.1 Å². The zero-order valence-corrected chi connectivity index (χ0v) is 11.8. The zero-order chi connectivity index (χ0) is 14.5. The second-order valence-electron chi connectivity index (χ2n) is 5.38. The van der Waals surface area contributed by atoms with Crippen molar-refractivity contribution in [2.75, 3.05) is 25.0 Å². The molecular weight excluding hydrogens is 254 g/mol. The monoisotopic (exact) mass is 275 g/mol. The molecule has 1 fully saturated rings. The number of hydrogen-bond acceptors (Lipinski definition) is 3. The van der Waals surface area contributed by atoms with Crippen LogP contribution < -0.4 is 11.1 Å². The number of amides is 2. The first-order chi connectivity index (χ1) is 9.54. The highest BCUT2D eigenvalue weighted by Gasteiger charge is 2.25. The Balaban J connectivity index is 1.84. The van der Waals surface area contributed by atoms with Gasteiger partial charge in [-0.1, -0.05) is 12.1 Å². The highest BCUT2D eigenvalue weighted by atomic mass is 16.2. The highest BCUT2D eigenvalue weighted by Crippen LogP contribution is 2.19. The van der Waals surface area contributed by atoms with Gasteiger partial charge in [0.1, 0.15) is 0 Å². The van der Waals surface area contributed by atoms with Crippen molar-refractivity contribution in [1.82, 2.24) is 4.90 Å². The van der Waals surface area contributed by atoms with Crippen LogP contribution in [-0.4, -0.2) is 36.3 Å². The van der Waals surface area contributed by atoms with Crippen LogP contribution in [0.3, 0.4) is 0 Å². The lowest BCUT2D eigenvalue weighted by Crippen LogP contribution is -2.42. The summed E-state index contributed by atoms with van der Waals surface area (Å²) in [6, 6.07) is 7.78. The smallest absolute Gasteiger partial charge is 0.231 e. The third-order valence-corrected chi connectivity index (χ3v) is 3.62. The quantitative estimate of drug-likeness (QED) is 0.865. The number of likely N-dealkylation sites (tertiary alicyclic amines) is 1. The van der Waals surface area contributed by atoms with Gasteiger partial charge in [-0.15, -0.1) is 0 Å². The predicted molar refractivity (Wildman–Crippen MR) is 78.2 cm³/mol. The summed E-state index contributed by atoms with van der Waals surface area (Å²) in [5.74, 6) is -0.235. The van der Waals surface area contributed by atoms with Crippen LogP contribution in [0, 0.1) is 12.8 Å². The summed E-state index contributed by atoms with van der Waals surface area (Å²) in [6.45, 7) is 3.77. The van der Waals surface area contributed by atoms with Crippen molar-refractivity contribution in [3.05, 3.63) is 29.8 Å². The van der Waals surface area contributed by atoms with E-state index < -0.39 is 0 Å². The van der Waals surface area contributed by atoms with Crippen LogP contribution in [0.1, 0.15) is 18.4 Å². The number of carbonyl (C=O) groups is 2. The third kappa shape index (κ3) is 4.06. The number of benzene rings is 1. The fourth-order valence-electron chi connectivity index (χ4n) is 2.54. The van der Waals surface area contributed by atoms with E-state index >= 15 is 0 Å². The number of piperidine rings is 1. The van der Waals surface area contributed by atoms with Crippen LogP contribution in [0.4, 0.5) is 5.69 Å². The number of nitrogens with two attached hydrogens (primary N) is 1.